The second-order valence-electron chi connectivity index (χ2n) is 6.42. The molecule has 2 heterocycles. The standard InChI is InChI=1S/C18H20Cl2N4O3S/c1-13(14-3-2-6-21-12-14)22-18(25)23-7-9-24(10-8-23)28(26,27)17-11-15(19)4-5-16(17)20/h2-6,11-13H,7-10H2,1H3,(H,22,25)/t13-/m1/s1. The summed E-state index contributed by atoms with van der Waals surface area (Å²) in [6.45, 7) is 2.79. The van der Waals surface area contributed by atoms with Gasteiger partial charge in [0.1, 0.15) is 4.90 Å². The number of rotatable bonds is 4. The van der Waals surface area contributed by atoms with E-state index in [9.17, 15) is 13.2 Å². The zero-order chi connectivity index (χ0) is 20.3. The number of sulfonamides is 1. The van der Waals surface area contributed by atoms with Crippen molar-refractivity contribution in [2.45, 2.75) is 17.9 Å². The van der Waals surface area contributed by atoms with E-state index in [1.165, 1.54) is 22.5 Å². The molecule has 1 aliphatic heterocycles. The van der Waals surface area contributed by atoms with Gasteiger partial charge in [-0.25, -0.2) is 13.2 Å². The van der Waals surface area contributed by atoms with E-state index >= 15 is 0 Å². The molecular weight excluding hydrogens is 423 g/mol. The number of piperazine rings is 1. The summed E-state index contributed by atoms with van der Waals surface area (Å²) >= 11 is 12.0. The van der Waals surface area contributed by atoms with Crippen molar-refractivity contribution < 1.29 is 13.2 Å². The lowest BCUT2D eigenvalue weighted by Crippen LogP contribution is -2.53. The fraction of sp³-hybridized carbons (Fsp3) is 0.333. The summed E-state index contributed by atoms with van der Waals surface area (Å²) in [5, 5.41) is 3.33. The van der Waals surface area contributed by atoms with Crippen molar-refractivity contribution in [3.63, 3.8) is 0 Å². The highest BCUT2D eigenvalue weighted by molar-refractivity contribution is 7.89. The van der Waals surface area contributed by atoms with Gasteiger partial charge in [-0.1, -0.05) is 29.3 Å². The van der Waals surface area contributed by atoms with Crippen molar-refractivity contribution in [3.05, 3.63) is 58.3 Å². The minimum absolute atomic E-state index is 0.0234. The van der Waals surface area contributed by atoms with Crippen LogP contribution in [0.2, 0.25) is 10.0 Å². The number of amides is 2. The lowest BCUT2D eigenvalue weighted by Gasteiger charge is -2.34. The summed E-state index contributed by atoms with van der Waals surface area (Å²) in [5.41, 5.74) is 0.896. The molecule has 0 unspecified atom stereocenters. The number of nitrogens with zero attached hydrogens (tertiary/aromatic N) is 3. The van der Waals surface area contributed by atoms with Crippen LogP contribution in [0.25, 0.3) is 0 Å². The topological polar surface area (TPSA) is 82.6 Å². The Hall–Kier alpha value is -1.87. The van der Waals surface area contributed by atoms with Crippen LogP contribution >= 0.6 is 23.2 Å². The van der Waals surface area contributed by atoms with Crippen molar-refractivity contribution in [2.75, 3.05) is 26.2 Å². The van der Waals surface area contributed by atoms with Crippen LogP contribution in [0.5, 0.6) is 0 Å². The van der Waals surface area contributed by atoms with Crippen molar-refractivity contribution >= 4 is 39.3 Å². The van der Waals surface area contributed by atoms with Crippen LogP contribution < -0.4 is 5.32 Å². The Labute approximate surface area is 174 Å². The second-order valence-corrected chi connectivity index (χ2v) is 9.17. The van der Waals surface area contributed by atoms with Crippen molar-refractivity contribution in [1.29, 1.82) is 0 Å². The molecule has 1 saturated heterocycles. The number of hydrogen-bond donors (Lipinski definition) is 1. The molecule has 0 saturated carbocycles. The molecule has 0 aliphatic carbocycles. The molecule has 10 heteroatoms. The van der Waals surface area contributed by atoms with Gasteiger partial charge in [-0.2, -0.15) is 4.31 Å². The summed E-state index contributed by atoms with van der Waals surface area (Å²) in [6, 6.07) is 7.59. The zero-order valence-electron chi connectivity index (χ0n) is 15.2. The van der Waals surface area contributed by atoms with Gasteiger partial charge in [0, 0.05) is 43.6 Å². The monoisotopic (exact) mass is 442 g/mol. The number of benzene rings is 1. The number of carbonyl (C=O) groups is 1. The number of halogens is 2. The molecule has 1 aromatic heterocycles. The molecule has 1 aliphatic rings. The first kappa shape index (κ1) is 20.9. The van der Waals surface area contributed by atoms with Crippen molar-refractivity contribution in [3.8, 4) is 0 Å². The van der Waals surface area contributed by atoms with E-state index in [1.807, 2.05) is 19.1 Å². The van der Waals surface area contributed by atoms with E-state index in [0.717, 1.165) is 5.56 Å². The number of aromatic nitrogens is 1. The lowest BCUT2D eigenvalue weighted by atomic mass is 10.1. The Morgan fingerprint density at radius 3 is 2.54 bits per heavy atom. The number of carbonyl (C=O) groups excluding carboxylic acids is 1. The van der Waals surface area contributed by atoms with Gasteiger partial charge in [-0.05, 0) is 36.8 Å². The van der Waals surface area contributed by atoms with Gasteiger partial charge >= 0.3 is 6.03 Å². The van der Waals surface area contributed by atoms with Gasteiger partial charge < -0.3 is 10.2 Å². The van der Waals surface area contributed by atoms with Gasteiger partial charge in [0.25, 0.3) is 0 Å². The average Bonchev–Trinajstić information content (AvgIpc) is 2.70. The van der Waals surface area contributed by atoms with Crippen LogP contribution in [0, 0.1) is 0 Å². The maximum absolute atomic E-state index is 12.9. The summed E-state index contributed by atoms with van der Waals surface area (Å²) in [7, 11) is -3.78. The average molecular weight is 443 g/mol. The van der Waals surface area contributed by atoms with Crippen LogP contribution in [0.1, 0.15) is 18.5 Å². The van der Waals surface area contributed by atoms with Crippen LogP contribution in [0.3, 0.4) is 0 Å². The molecular formula is C18H20Cl2N4O3S. The molecule has 0 bridgehead atoms. The lowest BCUT2D eigenvalue weighted by molar-refractivity contribution is 0.169. The quantitative estimate of drug-likeness (QED) is 0.787. The Morgan fingerprint density at radius 1 is 1.18 bits per heavy atom. The fourth-order valence-corrected chi connectivity index (χ4v) is 5.10. The van der Waals surface area contributed by atoms with Crippen LogP contribution in [0.4, 0.5) is 4.79 Å². The molecule has 7 nitrogen and oxygen atoms in total. The molecule has 3 rings (SSSR count). The first-order valence-corrected chi connectivity index (χ1v) is 10.9. The molecule has 150 valence electrons. The Balaban J connectivity index is 1.62. The predicted molar refractivity (Wildman–Crippen MR) is 108 cm³/mol. The SMILES string of the molecule is C[C@@H](NC(=O)N1CCN(S(=O)(=O)c2cc(Cl)ccc2Cl)CC1)c1cccnc1. The summed E-state index contributed by atoms with van der Waals surface area (Å²) in [5.74, 6) is 0. The Bertz CT molecular complexity index is 949. The molecule has 0 radical (unpaired) electrons. The van der Waals surface area contributed by atoms with Crippen LogP contribution in [0.15, 0.2) is 47.6 Å². The normalized spacial score (nSPS) is 16.6. The highest BCUT2D eigenvalue weighted by atomic mass is 35.5. The van der Waals surface area contributed by atoms with Crippen molar-refractivity contribution in [1.82, 2.24) is 19.5 Å². The highest BCUT2D eigenvalue weighted by Crippen LogP contribution is 2.28. The largest absolute Gasteiger partial charge is 0.331 e. The van der Waals surface area contributed by atoms with Gasteiger partial charge in [-0.15, -0.1) is 0 Å². The van der Waals surface area contributed by atoms with E-state index in [0.29, 0.717) is 5.02 Å². The third-order valence-electron chi connectivity index (χ3n) is 4.56. The molecule has 1 fully saturated rings. The first-order chi connectivity index (χ1) is 13.3. The predicted octanol–water partition coefficient (Wildman–Crippen LogP) is 3.17. The summed E-state index contributed by atoms with van der Waals surface area (Å²) in [4.78, 5) is 18.1. The molecule has 1 atom stereocenters. The Morgan fingerprint density at radius 2 is 1.89 bits per heavy atom. The molecule has 0 spiro atoms. The molecule has 1 aromatic carbocycles. The minimum Gasteiger partial charge on any atom is -0.331 e. The molecule has 2 aromatic rings. The van der Waals surface area contributed by atoms with E-state index in [1.54, 1.807) is 17.3 Å². The number of urea groups is 1. The number of pyridine rings is 1. The third kappa shape index (κ3) is 4.57. The zero-order valence-corrected chi connectivity index (χ0v) is 17.5. The van der Waals surface area contributed by atoms with Crippen LogP contribution in [-0.4, -0.2) is 54.8 Å². The minimum atomic E-state index is -3.78. The van der Waals surface area contributed by atoms with E-state index < -0.39 is 10.0 Å². The smallest absolute Gasteiger partial charge is 0.317 e. The second kappa shape index (κ2) is 8.65. The molecule has 28 heavy (non-hydrogen) atoms. The maximum atomic E-state index is 12.9. The van der Waals surface area contributed by atoms with Gasteiger partial charge in [0.2, 0.25) is 10.0 Å². The number of nitrogens with one attached hydrogen (secondary N) is 1. The summed E-state index contributed by atoms with van der Waals surface area (Å²) in [6.07, 6.45) is 3.37. The maximum Gasteiger partial charge on any atom is 0.317 e. The van der Waals surface area contributed by atoms with Crippen LogP contribution in [-0.2, 0) is 10.0 Å². The summed E-state index contributed by atoms with van der Waals surface area (Å²) < 4.78 is 27.0. The van der Waals surface area contributed by atoms with Crippen molar-refractivity contribution in [2.24, 2.45) is 0 Å². The highest BCUT2D eigenvalue weighted by Gasteiger charge is 2.32. The fourth-order valence-electron chi connectivity index (χ4n) is 2.94. The van der Waals surface area contributed by atoms with Gasteiger partial charge in [-0.3, -0.25) is 4.98 Å². The van der Waals surface area contributed by atoms with Gasteiger partial charge in [0.15, 0.2) is 0 Å². The molecule has 1 N–H and O–H groups in total. The third-order valence-corrected chi connectivity index (χ3v) is 7.18. The Kier molecular flexibility index (Phi) is 6.44. The first-order valence-electron chi connectivity index (χ1n) is 8.69. The van der Waals surface area contributed by atoms with E-state index in [2.05, 4.69) is 10.3 Å². The molecule has 2 amide bonds. The van der Waals surface area contributed by atoms with E-state index in [-0.39, 0.29) is 48.2 Å². The van der Waals surface area contributed by atoms with Gasteiger partial charge in [0.05, 0.1) is 11.1 Å². The van der Waals surface area contributed by atoms with E-state index in [4.69, 9.17) is 23.2 Å². The number of hydrogen-bond acceptors (Lipinski definition) is 4.